The van der Waals surface area contributed by atoms with E-state index in [1.54, 1.807) is 5.56 Å². The van der Waals surface area contributed by atoms with E-state index in [0.29, 0.717) is 5.41 Å². The van der Waals surface area contributed by atoms with Crippen LogP contribution < -0.4 is 5.32 Å². The van der Waals surface area contributed by atoms with Gasteiger partial charge in [-0.3, -0.25) is 0 Å². The quantitative estimate of drug-likeness (QED) is 0.783. The second-order valence-electron chi connectivity index (χ2n) is 5.75. The number of hydrogen-bond acceptors (Lipinski definition) is 1. The number of hydrogen-bond donors (Lipinski definition) is 1. The number of fused-ring (bicyclic) bond motifs is 2. The summed E-state index contributed by atoms with van der Waals surface area (Å²) in [4.78, 5) is 0. The minimum Gasteiger partial charge on any atom is -0.316 e. The first-order valence-corrected chi connectivity index (χ1v) is 6.50. The van der Waals surface area contributed by atoms with Gasteiger partial charge in [0.05, 0.1) is 0 Å². The summed E-state index contributed by atoms with van der Waals surface area (Å²) in [6, 6.07) is 13.8. The van der Waals surface area contributed by atoms with Gasteiger partial charge >= 0.3 is 0 Å². The summed E-state index contributed by atoms with van der Waals surface area (Å²) in [6.07, 6.45) is 1.39. The van der Waals surface area contributed by atoms with Gasteiger partial charge in [-0.25, -0.2) is 0 Å². The summed E-state index contributed by atoms with van der Waals surface area (Å²) in [5, 5.41) is 6.28. The summed E-state index contributed by atoms with van der Waals surface area (Å²) < 4.78 is 0. The molecule has 1 saturated carbocycles. The van der Waals surface area contributed by atoms with Crippen molar-refractivity contribution >= 4 is 10.8 Å². The summed E-state index contributed by atoms with van der Waals surface area (Å²) in [6.45, 7) is 4.55. The number of benzene rings is 2. The molecule has 0 spiro atoms. The molecule has 1 heteroatoms. The van der Waals surface area contributed by atoms with E-state index in [9.17, 15) is 0 Å². The molecular weight excluding hydrogens is 206 g/mol. The lowest BCUT2D eigenvalue weighted by atomic mass is 9.92. The van der Waals surface area contributed by atoms with Crippen molar-refractivity contribution in [2.75, 3.05) is 13.1 Å². The Labute approximate surface area is 102 Å². The molecule has 0 radical (unpaired) electrons. The van der Waals surface area contributed by atoms with Gasteiger partial charge in [0.1, 0.15) is 0 Å². The van der Waals surface area contributed by atoms with Gasteiger partial charge < -0.3 is 5.32 Å². The van der Waals surface area contributed by atoms with Crippen molar-refractivity contribution < 1.29 is 0 Å². The van der Waals surface area contributed by atoms with Crippen molar-refractivity contribution in [2.24, 2.45) is 5.92 Å². The minimum atomic E-state index is 0.485. The van der Waals surface area contributed by atoms with Gasteiger partial charge in [-0.05, 0) is 42.1 Å². The molecule has 17 heavy (non-hydrogen) atoms. The maximum Gasteiger partial charge on any atom is 0.0122 e. The van der Waals surface area contributed by atoms with Crippen LogP contribution in [0.1, 0.15) is 17.5 Å². The predicted molar refractivity (Wildman–Crippen MR) is 71.3 cm³/mol. The number of aryl methyl sites for hydroxylation is 1. The topological polar surface area (TPSA) is 12.0 Å². The van der Waals surface area contributed by atoms with Gasteiger partial charge in [0, 0.05) is 12.0 Å². The summed E-state index contributed by atoms with van der Waals surface area (Å²) in [5.74, 6) is 0.894. The molecule has 1 saturated heterocycles. The van der Waals surface area contributed by atoms with Crippen LogP contribution in [0.25, 0.3) is 10.8 Å². The normalized spacial score (nSPS) is 30.5. The largest absolute Gasteiger partial charge is 0.316 e. The maximum absolute atomic E-state index is 3.52. The Balaban J connectivity index is 1.85. The van der Waals surface area contributed by atoms with Crippen LogP contribution in [0.3, 0.4) is 0 Å². The Bertz CT molecular complexity index is 601. The highest BCUT2D eigenvalue weighted by atomic mass is 15.0. The lowest BCUT2D eigenvalue weighted by Crippen LogP contribution is -2.19. The van der Waals surface area contributed by atoms with E-state index in [-0.39, 0.29) is 0 Å². The lowest BCUT2D eigenvalue weighted by molar-refractivity contribution is 0.676. The number of piperidine rings is 1. The van der Waals surface area contributed by atoms with E-state index in [1.165, 1.54) is 35.8 Å². The van der Waals surface area contributed by atoms with Crippen LogP contribution in [0, 0.1) is 12.8 Å². The van der Waals surface area contributed by atoms with Crippen LogP contribution in [0.4, 0.5) is 0 Å². The van der Waals surface area contributed by atoms with Gasteiger partial charge in [0.2, 0.25) is 0 Å². The van der Waals surface area contributed by atoms with E-state index >= 15 is 0 Å². The molecule has 2 aromatic rings. The molecule has 2 aliphatic rings. The maximum atomic E-state index is 3.52. The fourth-order valence-corrected chi connectivity index (χ4v) is 3.46. The Morgan fingerprint density at radius 3 is 2.71 bits per heavy atom. The third-order valence-corrected chi connectivity index (χ3v) is 4.63. The highest BCUT2D eigenvalue weighted by Crippen LogP contribution is 2.56. The van der Waals surface area contributed by atoms with Gasteiger partial charge in [-0.1, -0.05) is 42.0 Å². The average molecular weight is 223 g/mol. The highest BCUT2D eigenvalue weighted by molar-refractivity contribution is 5.84. The molecule has 1 aliphatic heterocycles. The van der Waals surface area contributed by atoms with Crippen molar-refractivity contribution in [3.8, 4) is 0 Å². The second kappa shape index (κ2) is 3.11. The number of rotatable bonds is 1. The summed E-state index contributed by atoms with van der Waals surface area (Å²) in [7, 11) is 0. The Morgan fingerprint density at radius 1 is 1.12 bits per heavy atom. The zero-order chi connectivity index (χ0) is 11.5. The van der Waals surface area contributed by atoms with Crippen LogP contribution in [0.5, 0.6) is 0 Å². The van der Waals surface area contributed by atoms with Gasteiger partial charge in [0.15, 0.2) is 0 Å². The molecule has 2 fully saturated rings. The van der Waals surface area contributed by atoms with Gasteiger partial charge in [-0.2, -0.15) is 0 Å². The first-order valence-electron chi connectivity index (χ1n) is 6.50. The fraction of sp³-hybridized carbons (Fsp3) is 0.375. The molecule has 1 heterocycles. The smallest absolute Gasteiger partial charge is 0.0122 e. The monoisotopic (exact) mass is 223 g/mol. The van der Waals surface area contributed by atoms with E-state index in [1.807, 2.05) is 0 Å². The molecule has 1 aliphatic carbocycles. The van der Waals surface area contributed by atoms with Crippen molar-refractivity contribution in [1.82, 2.24) is 5.32 Å². The first kappa shape index (κ1) is 9.67. The molecule has 1 nitrogen and oxygen atoms in total. The van der Waals surface area contributed by atoms with Gasteiger partial charge in [-0.15, -0.1) is 0 Å². The predicted octanol–water partition coefficient (Wildman–Crippen LogP) is 3.01. The van der Waals surface area contributed by atoms with E-state index in [2.05, 4.69) is 48.6 Å². The van der Waals surface area contributed by atoms with E-state index in [4.69, 9.17) is 0 Å². The first-order chi connectivity index (χ1) is 8.28. The molecule has 86 valence electrons. The fourth-order valence-electron chi connectivity index (χ4n) is 3.46. The molecule has 0 bridgehead atoms. The molecule has 0 aromatic heterocycles. The van der Waals surface area contributed by atoms with Crippen LogP contribution in [-0.4, -0.2) is 13.1 Å². The molecule has 0 amide bonds. The number of nitrogens with one attached hydrogen (secondary N) is 1. The van der Waals surface area contributed by atoms with Crippen LogP contribution in [0.2, 0.25) is 0 Å². The zero-order valence-electron chi connectivity index (χ0n) is 10.2. The Kier molecular flexibility index (Phi) is 1.77. The SMILES string of the molecule is Cc1ccc2cc(C34CNCC3C4)ccc2c1. The molecule has 2 unspecified atom stereocenters. The molecular formula is C16H17N. The van der Waals surface area contributed by atoms with Crippen molar-refractivity contribution in [1.29, 1.82) is 0 Å². The minimum absolute atomic E-state index is 0.485. The summed E-state index contributed by atoms with van der Waals surface area (Å²) in [5.41, 5.74) is 3.37. The van der Waals surface area contributed by atoms with Crippen LogP contribution in [0.15, 0.2) is 36.4 Å². The lowest BCUT2D eigenvalue weighted by Gasteiger charge is -2.13. The van der Waals surface area contributed by atoms with E-state index < -0.39 is 0 Å². The molecule has 2 aromatic carbocycles. The third kappa shape index (κ3) is 1.29. The Hall–Kier alpha value is -1.34. The average Bonchev–Trinajstić information content (AvgIpc) is 2.91. The van der Waals surface area contributed by atoms with Crippen LogP contribution in [-0.2, 0) is 5.41 Å². The third-order valence-electron chi connectivity index (χ3n) is 4.63. The molecule has 2 atom stereocenters. The van der Waals surface area contributed by atoms with Crippen LogP contribution >= 0.6 is 0 Å². The standard InChI is InChI=1S/C16H17N/c1-11-2-3-13-7-14(5-4-12(13)6-11)16-8-15(16)9-17-10-16/h2-7,15,17H,8-10H2,1H3. The molecule has 4 rings (SSSR count). The Morgan fingerprint density at radius 2 is 1.94 bits per heavy atom. The summed E-state index contributed by atoms with van der Waals surface area (Å²) >= 11 is 0. The van der Waals surface area contributed by atoms with Crippen molar-refractivity contribution in [3.63, 3.8) is 0 Å². The molecule has 1 N–H and O–H groups in total. The van der Waals surface area contributed by atoms with Crippen molar-refractivity contribution in [2.45, 2.75) is 18.8 Å². The second-order valence-corrected chi connectivity index (χ2v) is 5.75. The zero-order valence-corrected chi connectivity index (χ0v) is 10.2. The van der Waals surface area contributed by atoms with E-state index in [0.717, 1.165) is 5.92 Å². The van der Waals surface area contributed by atoms with Crippen molar-refractivity contribution in [3.05, 3.63) is 47.5 Å². The highest BCUT2D eigenvalue weighted by Gasteiger charge is 2.57. The van der Waals surface area contributed by atoms with Gasteiger partial charge in [0.25, 0.3) is 0 Å².